The Labute approximate surface area is 236 Å². The maximum Gasteiger partial charge on any atom is 0.358 e. The number of thioether (sulfide) groups is 2. The summed E-state index contributed by atoms with van der Waals surface area (Å²) in [5.41, 5.74) is 9.74. The lowest BCUT2D eigenvalue weighted by Crippen LogP contribution is -2.71. The normalized spacial score (nSPS) is 19.3. The number of nitrogens with zero attached hydrogens (tertiary/aromatic N) is 6. The van der Waals surface area contributed by atoms with Gasteiger partial charge in [0.1, 0.15) is 17.1 Å². The van der Waals surface area contributed by atoms with Gasteiger partial charge in [0.2, 0.25) is 23.5 Å². The molecule has 1 saturated heterocycles. The van der Waals surface area contributed by atoms with Crippen molar-refractivity contribution in [2.45, 2.75) is 36.5 Å². The number of esters is 2. The van der Waals surface area contributed by atoms with Gasteiger partial charge in [0.05, 0.1) is 5.41 Å². The number of amides is 2. The van der Waals surface area contributed by atoms with Crippen LogP contribution in [0.4, 0.5) is 10.3 Å². The molecule has 16 nitrogen and oxygen atoms in total. The number of aromatic nitrogens is 4. The van der Waals surface area contributed by atoms with Crippen LogP contribution < -0.4 is 16.8 Å². The molecular weight excluding hydrogens is 595 g/mol. The highest BCUT2D eigenvalue weighted by Gasteiger charge is 2.55. The van der Waals surface area contributed by atoms with Gasteiger partial charge in [0, 0.05) is 22.2 Å². The lowest BCUT2D eigenvalue weighted by Gasteiger charge is -2.49. The van der Waals surface area contributed by atoms with E-state index in [4.69, 9.17) is 20.9 Å². The molecule has 0 aromatic carbocycles. The van der Waals surface area contributed by atoms with E-state index in [1.165, 1.54) is 16.7 Å². The average Bonchev–Trinajstić information content (AvgIpc) is 3.49. The molecule has 2 aliphatic heterocycles. The fraction of sp³-hybridized carbons (Fsp3) is 0.421. The standard InChI is InChI=1S/C19H21N9O7S4/c1-19(2,3)15(32)35-5-34-14(31)9-6(37-18-25-24-17(21)38-18)4-36-13-8(12(30)28(9)13)22-11(29)7(26-33)10-23-16(20)39-27-10/h8,13,33H,4-5H2,1-3H3,(H2,21,24)(H,22,29)(H2,20,23,27)/t8-,13?/m1/s1. The molecule has 4 heterocycles. The van der Waals surface area contributed by atoms with Crippen molar-refractivity contribution in [1.82, 2.24) is 29.8 Å². The van der Waals surface area contributed by atoms with Gasteiger partial charge in [0.25, 0.3) is 11.8 Å². The highest BCUT2D eigenvalue weighted by Crippen LogP contribution is 2.46. The Morgan fingerprint density at radius 2 is 1.97 bits per heavy atom. The Balaban J connectivity index is 1.52. The third-order valence-corrected chi connectivity index (χ3v) is 8.90. The smallest absolute Gasteiger partial charge is 0.358 e. The molecule has 2 aromatic heterocycles. The minimum absolute atomic E-state index is 0.0522. The molecule has 0 aliphatic carbocycles. The number of β-lactam (4-membered cyclic amide) rings is 1. The Morgan fingerprint density at radius 3 is 2.56 bits per heavy atom. The van der Waals surface area contributed by atoms with Crippen molar-refractivity contribution in [2.75, 3.05) is 24.0 Å². The van der Waals surface area contributed by atoms with Gasteiger partial charge < -0.3 is 31.5 Å². The Bertz CT molecular complexity index is 1380. The number of hydrogen-bond donors (Lipinski definition) is 4. The molecule has 2 aromatic rings. The number of nitrogens with two attached hydrogens (primary N) is 2. The fourth-order valence-corrected chi connectivity index (χ4v) is 6.89. The zero-order valence-corrected chi connectivity index (χ0v) is 23.7. The van der Waals surface area contributed by atoms with Crippen LogP contribution in [0.15, 0.2) is 20.1 Å². The highest BCUT2D eigenvalue weighted by atomic mass is 32.2. The SMILES string of the molecule is CC(C)(C)C(=O)OCOC(=O)C1=C(Sc2nnc(N)s2)CSC2[C@H](NC(=O)C(=NO)c3nsc(N)n3)C(=O)N12. The molecule has 0 spiro atoms. The van der Waals surface area contributed by atoms with Crippen LogP contribution in [0.5, 0.6) is 0 Å². The lowest BCUT2D eigenvalue weighted by molar-refractivity contribution is -0.173. The predicted molar refractivity (Wildman–Crippen MR) is 141 cm³/mol. The zero-order valence-electron chi connectivity index (χ0n) is 20.4. The number of hydrogen-bond acceptors (Lipinski definition) is 18. The van der Waals surface area contributed by atoms with E-state index in [0.717, 1.165) is 34.6 Å². The monoisotopic (exact) mass is 615 g/mol. The summed E-state index contributed by atoms with van der Waals surface area (Å²) in [4.78, 5) is 56.5. The van der Waals surface area contributed by atoms with Crippen LogP contribution in [0.3, 0.4) is 0 Å². The van der Waals surface area contributed by atoms with Gasteiger partial charge in [-0.1, -0.05) is 28.3 Å². The van der Waals surface area contributed by atoms with Gasteiger partial charge in [-0.25, -0.2) is 4.79 Å². The predicted octanol–water partition coefficient (Wildman–Crippen LogP) is 0.226. The van der Waals surface area contributed by atoms with E-state index in [1.54, 1.807) is 20.8 Å². The van der Waals surface area contributed by atoms with Crippen LogP contribution in [0.1, 0.15) is 26.6 Å². The third-order valence-electron chi connectivity index (χ3n) is 5.01. The van der Waals surface area contributed by atoms with Crippen molar-refractivity contribution < 1.29 is 33.9 Å². The van der Waals surface area contributed by atoms with E-state index in [0.29, 0.717) is 9.24 Å². The minimum Gasteiger partial charge on any atom is -0.427 e. The van der Waals surface area contributed by atoms with E-state index in [-0.39, 0.29) is 27.5 Å². The quantitative estimate of drug-likeness (QED) is 0.0776. The number of carbonyl (C=O) groups is 4. The second-order valence-corrected chi connectivity index (χ2v) is 13.0. The lowest BCUT2D eigenvalue weighted by atomic mass is 9.98. The molecule has 0 bridgehead atoms. The van der Waals surface area contributed by atoms with Crippen LogP contribution in [0.2, 0.25) is 0 Å². The molecule has 0 radical (unpaired) electrons. The maximum atomic E-state index is 13.2. The van der Waals surface area contributed by atoms with Crippen molar-refractivity contribution in [3.05, 3.63) is 16.4 Å². The van der Waals surface area contributed by atoms with Crippen molar-refractivity contribution in [3.8, 4) is 0 Å². The summed E-state index contributed by atoms with van der Waals surface area (Å²) in [7, 11) is 0. The van der Waals surface area contributed by atoms with E-state index in [2.05, 4.69) is 30.0 Å². The van der Waals surface area contributed by atoms with Crippen molar-refractivity contribution in [1.29, 1.82) is 0 Å². The number of anilines is 2. The Morgan fingerprint density at radius 1 is 1.23 bits per heavy atom. The van der Waals surface area contributed by atoms with E-state index in [9.17, 15) is 24.4 Å². The maximum absolute atomic E-state index is 13.2. The molecule has 0 saturated carbocycles. The molecule has 2 aliphatic rings. The van der Waals surface area contributed by atoms with Crippen LogP contribution in [-0.2, 0) is 28.7 Å². The summed E-state index contributed by atoms with van der Waals surface area (Å²) in [5.74, 6) is -3.01. The van der Waals surface area contributed by atoms with Crippen molar-refractivity contribution in [2.24, 2.45) is 10.6 Å². The number of nitrogens with one attached hydrogen (secondary N) is 1. The van der Waals surface area contributed by atoms with Gasteiger partial charge in [-0.05, 0) is 20.8 Å². The summed E-state index contributed by atoms with van der Waals surface area (Å²) in [6.45, 7) is 4.27. The first-order valence-corrected chi connectivity index (χ1v) is 14.3. The summed E-state index contributed by atoms with van der Waals surface area (Å²) in [6.07, 6.45) is 0. The van der Waals surface area contributed by atoms with Gasteiger partial charge in [-0.15, -0.1) is 22.0 Å². The van der Waals surface area contributed by atoms with Gasteiger partial charge in [-0.3, -0.25) is 19.3 Å². The van der Waals surface area contributed by atoms with Crippen LogP contribution in [0, 0.1) is 5.41 Å². The number of ether oxygens (including phenoxy) is 2. The molecule has 2 amide bonds. The second-order valence-electron chi connectivity index (χ2n) is 8.78. The average molecular weight is 616 g/mol. The topological polar surface area (TPSA) is 238 Å². The van der Waals surface area contributed by atoms with Gasteiger partial charge >= 0.3 is 11.9 Å². The number of nitrogen functional groups attached to an aromatic ring is 2. The first-order chi connectivity index (χ1) is 18.4. The van der Waals surface area contributed by atoms with Gasteiger partial charge in [-0.2, -0.15) is 9.36 Å². The second kappa shape index (κ2) is 11.3. The van der Waals surface area contributed by atoms with Gasteiger partial charge in [0.15, 0.2) is 9.47 Å². The van der Waals surface area contributed by atoms with Crippen LogP contribution in [-0.4, -0.2) is 83.1 Å². The molecule has 208 valence electrons. The number of carbonyl (C=O) groups excluding carboxylic acids is 4. The molecule has 6 N–H and O–H groups in total. The zero-order chi connectivity index (χ0) is 28.5. The van der Waals surface area contributed by atoms with E-state index < -0.39 is 53.1 Å². The van der Waals surface area contributed by atoms with Crippen molar-refractivity contribution >= 4 is 86.1 Å². The van der Waals surface area contributed by atoms with Crippen molar-refractivity contribution in [3.63, 3.8) is 0 Å². The largest absolute Gasteiger partial charge is 0.427 e. The highest BCUT2D eigenvalue weighted by molar-refractivity contribution is 8.07. The molecular formula is C19H21N9O7S4. The fourth-order valence-electron chi connectivity index (χ4n) is 3.18. The van der Waals surface area contributed by atoms with Crippen LogP contribution >= 0.6 is 46.4 Å². The summed E-state index contributed by atoms with van der Waals surface area (Å²) >= 11 is 4.24. The third kappa shape index (κ3) is 6.07. The first-order valence-electron chi connectivity index (χ1n) is 10.8. The minimum atomic E-state index is -1.07. The molecule has 39 heavy (non-hydrogen) atoms. The summed E-state index contributed by atoms with van der Waals surface area (Å²) < 4.78 is 14.5. The molecule has 20 heteroatoms. The number of oxime groups is 1. The molecule has 1 unspecified atom stereocenters. The Kier molecular flexibility index (Phi) is 8.28. The van der Waals surface area contributed by atoms with Crippen LogP contribution in [0.25, 0.3) is 0 Å². The number of fused-ring (bicyclic) bond motifs is 1. The molecule has 1 fully saturated rings. The molecule has 2 atom stereocenters. The van der Waals surface area contributed by atoms with E-state index in [1.807, 2.05) is 0 Å². The first kappa shape index (κ1) is 28.5. The Hall–Kier alpha value is -3.49. The summed E-state index contributed by atoms with van der Waals surface area (Å²) in [5, 5.41) is 22.0. The number of rotatable bonds is 8. The molecule has 4 rings (SSSR count). The van der Waals surface area contributed by atoms with E-state index >= 15 is 0 Å². The summed E-state index contributed by atoms with van der Waals surface area (Å²) in [6, 6.07) is -1.07.